The summed E-state index contributed by atoms with van der Waals surface area (Å²) in [5, 5.41) is 8.40. The molecule has 1 atom stereocenters. The molecule has 0 spiro atoms. The van der Waals surface area contributed by atoms with Gasteiger partial charge in [-0.3, -0.25) is 4.98 Å². The molecule has 152 valence electrons. The van der Waals surface area contributed by atoms with Crippen molar-refractivity contribution in [2.75, 3.05) is 24.5 Å². The third-order valence-corrected chi connectivity index (χ3v) is 5.43. The third-order valence-electron chi connectivity index (χ3n) is 5.43. The number of benzene rings is 1. The zero-order valence-electron chi connectivity index (χ0n) is 17.0. The lowest BCUT2D eigenvalue weighted by Gasteiger charge is -2.32. The fourth-order valence-corrected chi connectivity index (χ4v) is 4.08. The maximum Gasteiger partial charge on any atom is 0.155 e. The summed E-state index contributed by atoms with van der Waals surface area (Å²) >= 11 is 0. The number of aryl methyl sites for hydroxylation is 1. The summed E-state index contributed by atoms with van der Waals surface area (Å²) in [6.07, 6.45) is 3.49. The number of hydrogen-bond acceptors (Lipinski definition) is 5. The largest absolute Gasteiger partial charge is 0.352 e. The second kappa shape index (κ2) is 7.50. The molecule has 30 heavy (non-hydrogen) atoms. The SMILES string of the molecule is Cc1cc(F)cc(-c2nc3ccc(N4CCNC(C)C4)nn3c2-c2ccncc2)c1. The van der Waals surface area contributed by atoms with Crippen LogP contribution in [0, 0.1) is 12.7 Å². The molecule has 1 aliphatic heterocycles. The fraction of sp³-hybridized carbons (Fsp3) is 0.261. The molecule has 0 bridgehead atoms. The molecule has 1 unspecified atom stereocenters. The molecule has 1 aliphatic rings. The first-order valence-corrected chi connectivity index (χ1v) is 10.1. The van der Waals surface area contributed by atoms with Gasteiger partial charge in [-0.25, -0.2) is 13.9 Å². The van der Waals surface area contributed by atoms with Crippen molar-refractivity contribution in [2.24, 2.45) is 0 Å². The van der Waals surface area contributed by atoms with Gasteiger partial charge in [-0.2, -0.15) is 0 Å². The Morgan fingerprint density at radius 1 is 1.07 bits per heavy atom. The van der Waals surface area contributed by atoms with Crippen LogP contribution in [0.25, 0.3) is 28.2 Å². The highest BCUT2D eigenvalue weighted by atomic mass is 19.1. The van der Waals surface area contributed by atoms with Gasteiger partial charge in [0, 0.05) is 49.2 Å². The van der Waals surface area contributed by atoms with Gasteiger partial charge in [-0.15, -0.1) is 5.10 Å². The molecule has 3 aromatic heterocycles. The van der Waals surface area contributed by atoms with Crippen molar-refractivity contribution in [3.8, 4) is 22.5 Å². The van der Waals surface area contributed by atoms with E-state index in [1.807, 2.05) is 41.8 Å². The third kappa shape index (κ3) is 3.41. The lowest BCUT2D eigenvalue weighted by atomic mass is 10.0. The highest BCUT2D eigenvalue weighted by Crippen LogP contribution is 2.33. The Bertz CT molecular complexity index is 1180. The predicted octanol–water partition coefficient (Wildman–Crippen LogP) is 3.70. The Balaban J connectivity index is 1.72. The van der Waals surface area contributed by atoms with E-state index in [1.54, 1.807) is 12.4 Å². The Morgan fingerprint density at radius 3 is 2.67 bits per heavy atom. The van der Waals surface area contributed by atoms with Gasteiger partial charge < -0.3 is 10.2 Å². The summed E-state index contributed by atoms with van der Waals surface area (Å²) in [5.74, 6) is 0.636. The van der Waals surface area contributed by atoms with E-state index in [9.17, 15) is 4.39 Å². The maximum absolute atomic E-state index is 14.2. The van der Waals surface area contributed by atoms with E-state index in [2.05, 4.69) is 22.1 Å². The number of nitrogens with one attached hydrogen (secondary N) is 1. The summed E-state index contributed by atoms with van der Waals surface area (Å²) in [6, 6.07) is 13.3. The molecule has 1 N–H and O–H groups in total. The Kier molecular flexibility index (Phi) is 4.67. The van der Waals surface area contributed by atoms with Crippen LogP contribution in [0.5, 0.6) is 0 Å². The standard InChI is InChI=1S/C23H23FN6/c1-15-11-18(13-19(24)12-15)22-23(17-5-7-25-8-6-17)30-20(27-22)3-4-21(28-30)29-10-9-26-16(2)14-29/h3-8,11-13,16,26H,9-10,14H2,1-2H3. The summed E-state index contributed by atoms with van der Waals surface area (Å²) in [7, 11) is 0. The van der Waals surface area contributed by atoms with Crippen molar-refractivity contribution in [3.63, 3.8) is 0 Å². The van der Waals surface area contributed by atoms with Crippen molar-refractivity contribution < 1.29 is 4.39 Å². The molecular formula is C23H23FN6. The van der Waals surface area contributed by atoms with E-state index < -0.39 is 0 Å². The van der Waals surface area contributed by atoms with E-state index >= 15 is 0 Å². The van der Waals surface area contributed by atoms with Gasteiger partial charge in [0.05, 0.1) is 5.69 Å². The van der Waals surface area contributed by atoms with Crippen molar-refractivity contribution in [3.05, 3.63) is 66.2 Å². The van der Waals surface area contributed by atoms with Gasteiger partial charge in [-0.1, -0.05) is 0 Å². The number of nitrogens with zero attached hydrogens (tertiary/aromatic N) is 5. The van der Waals surface area contributed by atoms with Crippen LogP contribution in [0.1, 0.15) is 12.5 Å². The Hall–Kier alpha value is -3.32. The van der Waals surface area contributed by atoms with Crippen LogP contribution in [0.4, 0.5) is 10.2 Å². The van der Waals surface area contributed by atoms with Crippen LogP contribution in [0.2, 0.25) is 0 Å². The van der Waals surface area contributed by atoms with Crippen LogP contribution in [-0.2, 0) is 0 Å². The van der Waals surface area contributed by atoms with Gasteiger partial charge in [0.15, 0.2) is 5.65 Å². The molecule has 1 fully saturated rings. The van der Waals surface area contributed by atoms with Crippen molar-refractivity contribution >= 4 is 11.5 Å². The molecule has 0 radical (unpaired) electrons. The molecule has 1 saturated heterocycles. The molecule has 6 nitrogen and oxygen atoms in total. The number of aromatic nitrogens is 4. The minimum atomic E-state index is -0.272. The number of rotatable bonds is 3. The topological polar surface area (TPSA) is 58.4 Å². The van der Waals surface area contributed by atoms with E-state index in [1.165, 1.54) is 12.1 Å². The second-order valence-electron chi connectivity index (χ2n) is 7.82. The first-order valence-electron chi connectivity index (χ1n) is 10.1. The zero-order chi connectivity index (χ0) is 20.7. The molecule has 0 saturated carbocycles. The molecule has 5 rings (SSSR count). The molecule has 0 amide bonds. The van der Waals surface area contributed by atoms with E-state index in [4.69, 9.17) is 10.1 Å². The highest BCUT2D eigenvalue weighted by Gasteiger charge is 2.21. The minimum absolute atomic E-state index is 0.272. The van der Waals surface area contributed by atoms with Crippen LogP contribution in [-0.4, -0.2) is 45.3 Å². The predicted molar refractivity (Wildman–Crippen MR) is 116 cm³/mol. The summed E-state index contributed by atoms with van der Waals surface area (Å²) < 4.78 is 16.0. The van der Waals surface area contributed by atoms with E-state index in [0.29, 0.717) is 11.7 Å². The number of halogens is 1. The summed E-state index contributed by atoms with van der Waals surface area (Å²) in [6.45, 7) is 6.78. The van der Waals surface area contributed by atoms with Gasteiger partial charge in [0.1, 0.15) is 17.3 Å². The number of pyridine rings is 1. The number of piperazine rings is 1. The minimum Gasteiger partial charge on any atom is -0.352 e. The number of hydrogen-bond donors (Lipinski definition) is 1. The molecular weight excluding hydrogens is 379 g/mol. The molecule has 0 aliphatic carbocycles. The smallest absolute Gasteiger partial charge is 0.155 e. The van der Waals surface area contributed by atoms with Gasteiger partial charge in [-0.05, 0) is 61.9 Å². The fourth-order valence-electron chi connectivity index (χ4n) is 4.08. The van der Waals surface area contributed by atoms with Crippen LogP contribution < -0.4 is 10.2 Å². The van der Waals surface area contributed by atoms with E-state index in [-0.39, 0.29) is 5.82 Å². The lowest BCUT2D eigenvalue weighted by molar-refractivity contribution is 0.481. The number of imidazole rings is 1. The first-order chi connectivity index (χ1) is 14.6. The van der Waals surface area contributed by atoms with Crippen LogP contribution in [0.3, 0.4) is 0 Å². The zero-order valence-corrected chi connectivity index (χ0v) is 17.0. The molecule has 7 heteroatoms. The van der Waals surface area contributed by atoms with Gasteiger partial charge in [0.2, 0.25) is 0 Å². The number of anilines is 1. The van der Waals surface area contributed by atoms with Crippen LogP contribution in [0.15, 0.2) is 54.9 Å². The monoisotopic (exact) mass is 402 g/mol. The molecule has 1 aromatic carbocycles. The summed E-state index contributed by atoms with van der Waals surface area (Å²) in [5.41, 5.74) is 4.80. The first kappa shape index (κ1) is 18.7. The Labute approximate surface area is 174 Å². The van der Waals surface area contributed by atoms with Crippen LogP contribution >= 0.6 is 0 Å². The van der Waals surface area contributed by atoms with Crippen molar-refractivity contribution in [1.82, 2.24) is 24.9 Å². The van der Waals surface area contributed by atoms with Crippen molar-refractivity contribution in [1.29, 1.82) is 0 Å². The van der Waals surface area contributed by atoms with Gasteiger partial charge in [0.25, 0.3) is 0 Å². The van der Waals surface area contributed by atoms with E-state index in [0.717, 1.165) is 53.5 Å². The average Bonchev–Trinajstić information content (AvgIpc) is 3.12. The quantitative estimate of drug-likeness (QED) is 0.566. The maximum atomic E-state index is 14.2. The number of fused-ring (bicyclic) bond motifs is 1. The summed E-state index contributed by atoms with van der Waals surface area (Å²) in [4.78, 5) is 11.2. The lowest BCUT2D eigenvalue weighted by Crippen LogP contribution is -2.49. The van der Waals surface area contributed by atoms with Crippen molar-refractivity contribution in [2.45, 2.75) is 19.9 Å². The Morgan fingerprint density at radius 2 is 1.90 bits per heavy atom. The molecule has 4 heterocycles. The highest BCUT2D eigenvalue weighted by molar-refractivity contribution is 5.82. The second-order valence-corrected chi connectivity index (χ2v) is 7.82. The molecule has 4 aromatic rings. The van der Waals surface area contributed by atoms with Gasteiger partial charge >= 0.3 is 0 Å². The average molecular weight is 402 g/mol. The normalized spacial score (nSPS) is 16.9.